The van der Waals surface area contributed by atoms with Gasteiger partial charge in [-0.25, -0.2) is 9.07 Å². The molecule has 168 valence electrons. The second-order valence-electron chi connectivity index (χ2n) is 8.33. The Morgan fingerprint density at radius 1 is 1.22 bits per heavy atom. The molecule has 1 fully saturated rings. The molecular weight excluding hydrogens is 407 g/mol. The van der Waals surface area contributed by atoms with Crippen molar-refractivity contribution in [3.8, 4) is 22.7 Å². The molecule has 2 aromatic carbocycles. The second-order valence-corrected chi connectivity index (χ2v) is 8.33. The van der Waals surface area contributed by atoms with Gasteiger partial charge in [-0.3, -0.25) is 4.79 Å². The summed E-state index contributed by atoms with van der Waals surface area (Å²) in [7, 11) is 3.56. The maximum atomic E-state index is 14.9. The van der Waals surface area contributed by atoms with Crippen molar-refractivity contribution in [1.82, 2.24) is 19.6 Å². The molecule has 1 aliphatic rings. The zero-order chi connectivity index (χ0) is 22.7. The fourth-order valence-electron chi connectivity index (χ4n) is 4.36. The van der Waals surface area contributed by atoms with E-state index in [-0.39, 0.29) is 11.7 Å². The van der Waals surface area contributed by atoms with Crippen LogP contribution in [0.5, 0.6) is 5.75 Å². The number of methoxy groups -OCH3 is 1. The van der Waals surface area contributed by atoms with E-state index in [0.717, 1.165) is 30.9 Å². The summed E-state index contributed by atoms with van der Waals surface area (Å²) in [4.78, 5) is 16.2. The van der Waals surface area contributed by atoms with Gasteiger partial charge in [-0.05, 0) is 44.2 Å². The third-order valence-electron chi connectivity index (χ3n) is 5.93. The fourth-order valence-corrected chi connectivity index (χ4v) is 4.36. The normalized spacial score (nSPS) is 16.2. The molecule has 1 amide bonds. The van der Waals surface area contributed by atoms with Crippen LogP contribution in [0.15, 0.2) is 54.7 Å². The maximum absolute atomic E-state index is 14.9. The summed E-state index contributed by atoms with van der Waals surface area (Å²) >= 11 is 0. The summed E-state index contributed by atoms with van der Waals surface area (Å²) < 4.78 is 21.9. The summed E-state index contributed by atoms with van der Waals surface area (Å²) in [6.07, 6.45) is 2.55. The number of carbonyl (C=O) groups is 1. The first kappa shape index (κ1) is 22.0. The quantitative estimate of drug-likeness (QED) is 0.536. The van der Waals surface area contributed by atoms with Crippen molar-refractivity contribution in [3.05, 3.63) is 66.1 Å². The van der Waals surface area contributed by atoms with Gasteiger partial charge in [-0.1, -0.05) is 18.2 Å². The summed E-state index contributed by atoms with van der Waals surface area (Å²) in [5.74, 6) is 0.631. The van der Waals surface area contributed by atoms with Crippen LogP contribution in [-0.2, 0) is 11.3 Å². The van der Waals surface area contributed by atoms with Crippen LogP contribution in [0.2, 0.25) is 0 Å². The Kier molecular flexibility index (Phi) is 6.55. The highest BCUT2D eigenvalue weighted by Crippen LogP contribution is 2.30. The Hall–Kier alpha value is -3.19. The molecule has 3 aromatic rings. The lowest BCUT2D eigenvalue weighted by Gasteiger charge is -2.21. The van der Waals surface area contributed by atoms with E-state index in [0.29, 0.717) is 35.9 Å². The minimum atomic E-state index is -0.369. The Bertz CT molecular complexity index is 1080. The van der Waals surface area contributed by atoms with Gasteiger partial charge < -0.3 is 14.5 Å². The first-order valence-corrected chi connectivity index (χ1v) is 10.9. The first-order valence-electron chi connectivity index (χ1n) is 10.9. The van der Waals surface area contributed by atoms with Gasteiger partial charge in [0.15, 0.2) is 0 Å². The third kappa shape index (κ3) is 4.67. The zero-order valence-electron chi connectivity index (χ0n) is 18.8. The Morgan fingerprint density at radius 2 is 2.00 bits per heavy atom. The number of para-hydroxylation sites is 1. The van der Waals surface area contributed by atoms with Gasteiger partial charge in [0.25, 0.3) is 0 Å². The number of halogens is 1. The van der Waals surface area contributed by atoms with Crippen molar-refractivity contribution in [3.63, 3.8) is 0 Å². The molecule has 1 atom stereocenters. The average Bonchev–Trinajstić information content (AvgIpc) is 3.36. The number of aromatic nitrogens is 2. The Balaban J connectivity index is 1.61. The molecule has 0 unspecified atom stereocenters. The molecule has 0 saturated carbocycles. The number of likely N-dealkylation sites (tertiary alicyclic amines) is 1. The molecule has 0 N–H and O–H groups in total. The summed E-state index contributed by atoms with van der Waals surface area (Å²) in [5.41, 5.74) is 2.89. The molecular formula is C25H29FN4O2. The fraction of sp³-hybridized carbons (Fsp3) is 0.360. The monoisotopic (exact) mass is 436 g/mol. The van der Waals surface area contributed by atoms with E-state index in [1.807, 2.05) is 55.4 Å². The van der Waals surface area contributed by atoms with Gasteiger partial charge in [-0.15, -0.1) is 0 Å². The molecule has 32 heavy (non-hydrogen) atoms. The Morgan fingerprint density at radius 3 is 2.66 bits per heavy atom. The maximum Gasteiger partial charge on any atom is 0.222 e. The predicted molar refractivity (Wildman–Crippen MR) is 122 cm³/mol. The summed E-state index contributed by atoms with van der Waals surface area (Å²) in [5, 5.41) is 4.74. The number of benzene rings is 2. The van der Waals surface area contributed by atoms with Crippen LogP contribution >= 0.6 is 0 Å². The highest BCUT2D eigenvalue weighted by Gasteiger charge is 2.29. The molecule has 1 aliphatic heterocycles. The van der Waals surface area contributed by atoms with E-state index < -0.39 is 0 Å². The molecule has 0 bridgehead atoms. The van der Waals surface area contributed by atoms with Crippen LogP contribution < -0.4 is 4.74 Å². The van der Waals surface area contributed by atoms with E-state index in [9.17, 15) is 9.18 Å². The molecule has 1 saturated heterocycles. The standard InChI is InChI=1S/C25H29FN4O2/c1-4-29-15-18(12-24(29)31)14-28(2)16-19-17-30(20-8-6-5-7-9-20)27-25(19)22-11-10-21(32-3)13-23(22)26/h5-11,13,17-18H,4,12,14-16H2,1-3H3/t18-/m0/s1. The molecule has 2 heterocycles. The first-order chi connectivity index (χ1) is 15.5. The number of nitrogens with zero attached hydrogens (tertiary/aromatic N) is 4. The van der Waals surface area contributed by atoms with Crippen molar-refractivity contribution in [1.29, 1.82) is 0 Å². The van der Waals surface area contributed by atoms with Crippen molar-refractivity contribution < 1.29 is 13.9 Å². The smallest absolute Gasteiger partial charge is 0.222 e. The van der Waals surface area contributed by atoms with E-state index in [4.69, 9.17) is 9.84 Å². The largest absolute Gasteiger partial charge is 0.497 e. The molecule has 4 rings (SSSR count). The zero-order valence-corrected chi connectivity index (χ0v) is 18.8. The highest BCUT2D eigenvalue weighted by atomic mass is 19.1. The van der Waals surface area contributed by atoms with Gasteiger partial charge in [0.1, 0.15) is 17.3 Å². The number of ether oxygens (including phenoxy) is 1. The van der Waals surface area contributed by atoms with Crippen LogP contribution in [0, 0.1) is 11.7 Å². The van der Waals surface area contributed by atoms with Gasteiger partial charge in [0.2, 0.25) is 5.91 Å². The van der Waals surface area contributed by atoms with Crippen LogP contribution in [0.3, 0.4) is 0 Å². The van der Waals surface area contributed by atoms with Crippen molar-refractivity contribution in [2.45, 2.75) is 19.9 Å². The highest BCUT2D eigenvalue weighted by molar-refractivity contribution is 5.78. The SMILES string of the molecule is CCN1C[C@H](CN(C)Cc2cn(-c3ccccc3)nc2-c2ccc(OC)cc2F)CC1=O. The van der Waals surface area contributed by atoms with Crippen LogP contribution in [0.25, 0.3) is 16.9 Å². The minimum absolute atomic E-state index is 0.226. The van der Waals surface area contributed by atoms with Gasteiger partial charge in [-0.2, -0.15) is 5.10 Å². The van der Waals surface area contributed by atoms with Crippen molar-refractivity contribution in [2.75, 3.05) is 33.8 Å². The lowest BCUT2D eigenvalue weighted by Crippen LogP contribution is -2.28. The van der Waals surface area contributed by atoms with E-state index in [1.54, 1.807) is 16.8 Å². The number of hydrogen-bond donors (Lipinski definition) is 0. The van der Waals surface area contributed by atoms with Crippen LogP contribution in [0.1, 0.15) is 18.9 Å². The van der Waals surface area contributed by atoms with Crippen LogP contribution in [0.4, 0.5) is 4.39 Å². The molecule has 0 radical (unpaired) electrons. The number of carbonyl (C=O) groups excluding carboxylic acids is 1. The molecule has 0 spiro atoms. The van der Waals surface area contributed by atoms with E-state index >= 15 is 0 Å². The number of amides is 1. The molecule has 7 heteroatoms. The van der Waals surface area contributed by atoms with Crippen LogP contribution in [-0.4, -0.2) is 59.3 Å². The molecule has 0 aliphatic carbocycles. The summed E-state index contributed by atoms with van der Waals surface area (Å²) in [6.45, 7) is 4.96. The topological polar surface area (TPSA) is 50.6 Å². The summed E-state index contributed by atoms with van der Waals surface area (Å²) in [6, 6.07) is 14.6. The lowest BCUT2D eigenvalue weighted by atomic mass is 10.1. The van der Waals surface area contributed by atoms with Crippen molar-refractivity contribution >= 4 is 5.91 Å². The lowest BCUT2D eigenvalue weighted by molar-refractivity contribution is -0.127. The third-order valence-corrected chi connectivity index (χ3v) is 5.93. The minimum Gasteiger partial charge on any atom is -0.497 e. The van der Waals surface area contributed by atoms with Gasteiger partial charge in [0.05, 0.1) is 12.8 Å². The number of rotatable bonds is 8. The molecule has 6 nitrogen and oxygen atoms in total. The molecule has 1 aromatic heterocycles. The van der Waals surface area contributed by atoms with Gasteiger partial charge in [0, 0.05) is 56.0 Å². The number of hydrogen-bond acceptors (Lipinski definition) is 4. The van der Waals surface area contributed by atoms with Crippen molar-refractivity contribution in [2.24, 2.45) is 5.92 Å². The van der Waals surface area contributed by atoms with E-state index in [1.165, 1.54) is 13.2 Å². The predicted octanol–water partition coefficient (Wildman–Crippen LogP) is 3.99. The van der Waals surface area contributed by atoms with E-state index in [2.05, 4.69) is 4.90 Å². The van der Waals surface area contributed by atoms with Gasteiger partial charge >= 0.3 is 0 Å². The average molecular weight is 437 g/mol. The second kappa shape index (κ2) is 9.53. The Labute approximate surface area is 188 Å².